The molecule has 0 spiro atoms. The van der Waals surface area contributed by atoms with Crippen molar-refractivity contribution >= 4 is 45.6 Å². The molecule has 1 aromatic rings. The Morgan fingerprint density at radius 3 is 3.00 bits per heavy atom. The van der Waals surface area contributed by atoms with Crippen LogP contribution in [0.4, 0.5) is 0 Å². The lowest BCUT2D eigenvalue weighted by Gasteiger charge is -2.31. The van der Waals surface area contributed by atoms with Crippen LogP contribution in [0.15, 0.2) is 15.9 Å². The van der Waals surface area contributed by atoms with Crippen LogP contribution >= 0.6 is 39.7 Å². The van der Waals surface area contributed by atoms with Gasteiger partial charge in [0.25, 0.3) is 0 Å². The van der Waals surface area contributed by atoms with E-state index in [1.807, 2.05) is 17.0 Å². The number of carbonyl (C=O) groups is 1. The Morgan fingerprint density at radius 1 is 1.65 bits per heavy atom. The van der Waals surface area contributed by atoms with Gasteiger partial charge in [-0.1, -0.05) is 0 Å². The molecule has 3 nitrogen and oxygen atoms in total. The quantitative estimate of drug-likeness (QED) is 0.896. The van der Waals surface area contributed by atoms with Gasteiger partial charge in [0, 0.05) is 30.6 Å². The van der Waals surface area contributed by atoms with Crippen LogP contribution in [0.5, 0.6) is 0 Å². The van der Waals surface area contributed by atoms with Gasteiger partial charge < -0.3 is 10.2 Å². The second-order valence-corrected chi connectivity index (χ2v) is 6.63. The lowest BCUT2D eigenvalue weighted by atomic mass is 10.2. The summed E-state index contributed by atoms with van der Waals surface area (Å²) in [4.78, 5) is 15.1. The molecule has 1 fully saturated rings. The molecule has 0 radical (unpaired) electrons. The van der Waals surface area contributed by atoms with Crippen LogP contribution in [-0.2, 0) is 11.2 Å². The first-order valence-corrected chi connectivity index (χ1v) is 7.01. The smallest absolute Gasteiger partial charge is 0.227 e. The highest BCUT2D eigenvalue weighted by Gasteiger charge is 2.20. The number of piperazine rings is 1. The molecule has 1 unspecified atom stereocenters. The SMILES string of the molecule is CC1CN(C(=O)Cc2ccc(Br)s2)CCN1.Cl. The third kappa shape index (κ3) is 4.25. The molecule has 96 valence electrons. The first-order valence-electron chi connectivity index (χ1n) is 5.40. The predicted octanol–water partition coefficient (Wildman–Crippen LogP) is 2.30. The highest BCUT2D eigenvalue weighted by molar-refractivity contribution is 9.11. The fraction of sp³-hybridized carbons (Fsp3) is 0.545. The van der Waals surface area contributed by atoms with Gasteiger partial charge in [0.15, 0.2) is 0 Å². The summed E-state index contributed by atoms with van der Waals surface area (Å²) in [7, 11) is 0. The molecule has 1 aromatic heterocycles. The number of hydrogen-bond donors (Lipinski definition) is 1. The van der Waals surface area contributed by atoms with E-state index in [0.717, 1.165) is 28.3 Å². The molecule has 17 heavy (non-hydrogen) atoms. The fourth-order valence-corrected chi connectivity index (χ4v) is 3.34. The number of rotatable bonds is 2. The van der Waals surface area contributed by atoms with Crippen molar-refractivity contribution < 1.29 is 4.79 Å². The van der Waals surface area contributed by atoms with Gasteiger partial charge in [-0.25, -0.2) is 0 Å². The minimum absolute atomic E-state index is 0. The van der Waals surface area contributed by atoms with E-state index in [4.69, 9.17) is 0 Å². The molecule has 0 bridgehead atoms. The molecule has 1 saturated heterocycles. The van der Waals surface area contributed by atoms with E-state index in [1.165, 1.54) is 0 Å². The molecular formula is C11H16BrClN2OS. The highest BCUT2D eigenvalue weighted by Crippen LogP contribution is 2.22. The van der Waals surface area contributed by atoms with Crippen LogP contribution in [0.1, 0.15) is 11.8 Å². The second kappa shape index (κ2) is 6.73. The largest absolute Gasteiger partial charge is 0.340 e. The summed E-state index contributed by atoms with van der Waals surface area (Å²) in [5.41, 5.74) is 0. The van der Waals surface area contributed by atoms with Crippen molar-refractivity contribution in [3.63, 3.8) is 0 Å². The van der Waals surface area contributed by atoms with E-state index in [0.29, 0.717) is 12.5 Å². The number of hydrogen-bond acceptors (Lipinski definition) is 3. The van der Waals surface area contributed by atoms with Crippen LogP contribution in [0.2, 0.25) is 0 Å². The van der Waals surface area contributed by atoms with Crippen molar-refractivity contribution in [3.8, 4) is 0 Å². The van der Waals surface area contributed by atoms with Crippen molar-refractivity contribution in [2.24, 2.45) is 0 Å². The first-order chi connectivity index (χ1) is 7.65. The van der Waals surface area contributed by atoms with E-state index < -0.39 is 0 Å². The molecule has 6 heteroatoms. The van der Waals surface area contributed by atoms with E-state index in [-0.39, 0.29) is 18.3 Å². The molecule has 1 amide bonds. The Balaban J connectivity index is 0.00000144. The molecule has 1 aliphatic heterocycles. The minimum atomic E-state index is 0. The van der Waals surface area contributed by atoms with E-state index in [1.54, 1.807) is 11.3 Å². The predicted molar refractivity (Wildman–Crippen MR) is 77.0 cm³/mol. The van der Waals surface area contributed by atoms with Gasteiger partial charge in [-0.15, -0.1) is 23.7 Å². The fourth-order valence-electron chi connectivity index (χ4n) is 1.87. The summed E-state index contributed by atoms with van der Waals surface area (Å²) < 4.78 is 1.09. The maximum absolute atomic E-state index is 12.0. The minimum Gasteiger partial charge on any atom is -0.340 e. The summed E-state index contributed by atoms with van der Waals surface area (Å²) >= 11 is 5.05. The number of carbonyl (C=O) groups excluding carboxylic acids is 1. The molecule has 0 aromatic carbocycles. The molecular weight excluding hydrogens is 324 g/mol. The first kappa shape index (κ1) is 15.0. The van der Waals surface area contributed by atoms with Crippen LogP contribution < -0.4 is 5.32 Å². The van der Waals surface area contributed by atoms with Gasteiger partial charge in [-0.05, 0) is 35.0 Å². The van der Waals surface area contributed by atoms with Gasteiger partial charge in [0.1, 0.15) is 0 Å². The Kier molecular flexibility index (Phi) is 5.92. The molecule has 1 atom stereocenters. The zero-order chi connectivity index (χ0) is 11.5. The summed E-state index contributed by atoms with van der Waals surface area (Å²) in [5.74, 6) is 0.239. The average Bonchev–Trinajstić information content (AvgIpc) is 2.64. The molecule has 0 aliphatic carbocycles. The molecule has 1 N–H and O–H groups in total. The molecule has 0 saturated carbocycles. The summed E-state index contributed by atoms with van der Waals surface area (Å²) in [5, 5.41) is 3.34. The van der Waals surface area contributed by atoms with Crippen LogP contribution in [0, 0.1) is 0 Å². The second-order valence-electron chi connectivity index (χ2n) is 4.08. The molecule has 1 aliphatic rings. The number of halogens is 2. The average molecular weight is 340 g/mol. The highest BCUT2D eigenvalue weighted by atomic mass is 79.9. The van der Waals surface area contributed by atoms with Gasteiger partial charge in [0.05, 0.1) is 10.2 Å². The lowest BCUT2D eigenvalue weighted by molar-refractivity contribution is -0.131. The third-order valence-corrected chi connectivity index (χ3v) is 4.30. The Bertz CT molecular complexity index is 385. The van der Waals surface area contributed by atoms with Crippen molar-refractivity contribution in [3.05, 3.63) is 20.8 Å². The van der Waals surface area contributed by atoms with Gasteiger partial charge in [-0.3, -0.25) is 4.79 Å². The number of nitrogens with zero attached hydrogens (tertiary/aromatic N) is 1. The van der Waals surface area contributed by atoms with E-state index in [9.17, 15) is 4.79 Å². The number of nitrogens with one attached hydrogen (secondary N) is 1. The Labute approximate surface area is 120 Å². The summed E-state index contributed by atoms with van der Waals surface area (Å²) in [6.45, 7) is 4.67. The van der Waals surface area contributed by atoms with Crippen molar-refractivity contribution in [1.29, 1.82) is 0 Å². The van der Waals surface area contributed by atoms with E-state index >= 15 is 0 Å². The maximum atomic E-state index is 12.0. The maximum Gasteiger partial charge on any atom is 0.227 e. The number of amides is 1. The van der Waals surface area contributed by atoms with Crippen LogP contribution in [0.25, 0.3) is 0 Å². The lowest BCUT2D eigenvalue weighted by Crippen LogP contribution is -2.51. The van der Waals surface area contributed by atoms with Crippen molar-refractivity contribution in [2.75, 3.05) is 19.6 Å². The van der Waals surface area contributed by atoms with Crippen molar-refractivity contribution in [1.82, 2.24) is 10.2 Å². The van der Waals surface area contributed by atoms with Gasteiger partial charge >= 0.3 is 0 Å². The van der Waals surface area contributed by atoms with Crippen LogP contribution in [-0.4, -0.2) is 36.5 Å². The summed E-state index contributed by atoms with van der Waals surface area (Å²) in [6.07, 6.45) is 0.531. The number of thiophene rings is 1. The Hall–Kier alpha value is -0.100. The molecule has 2 rings (SSSR count). The molecule has 2 heterocycles. The third-order valence-electron chi connectivity index (χ3n) is 2.68. The summed E-state index contributed by atoms with van der Waals surface area (Å²) in [6, 6.07) is 4.42. The monoisotopic (exact) mass is 338 g/mol. The Morgan fingerprint density at radius 2 is 2.41 bits per heavy atom. The van der Waals surface area contributed by atoms with Crippen molar-refractivity contribution in [2.45, 2.75) is 19.4 Å². The van der Waals surface area contributed by atoms with E-state index in [2.05, 4.69) is 28.2 Å². The topological polar surface area (TPSA) is 32.3 Å². The standard InChI is InChI=1S/C11H15BrN2OS.ClH/c1-8-7-14(5-4-13-8)11(15)6-9-2-3-10(12)16-9;/h2-3,8,13H,4-7H2,1H3;1H. The zero-order valence-corrected chi connectivity index (χ0v) is 12.8. The van der Waals surface area contributed by atoms with Gasteiger partial charge in [-0.2, -0.15) is 0 Å². The van der Waals surface area contributed by atoms with Gasteiger partial charge in [0.2, 0.25) is 5.91 Å². The van der Waals surface area contributed by atoms with Crippen LogP contribution in [0.3, 0.4) is 0 Å². The zero-order valence-electron chi connectivity index (χ0n) is 9.61. The normalized spacial score (nSPS) is 19.9.